The van der Waals surface area contributed by atoms with Crippen LogP contribution in [0.5, 0.6) is 5.75 Å². The van der Waals surface area contributed by atoms with E-state index >= 15 is 0 Å². The third kappa shape index (κ3) is 4.37. The zero-order valence-electron chi connectivity index (χ0n) is 15.0. The molecule has 5 nitrogen and oxygen atoms in total. The summed E-state index contributed by atoms with van der Waals surface area (Å²) in [6, 6.07) is 11.1. The molecule has 0 aliphatic heterocycles. The minimum atomic E-state index is -0.487. The maximum Gasteiger partial charge on any atom is 0.341 e. The minimum absolute atomic E-state index is 0.244. The summed E-state index contributed by atoms with van der Waals surface area (Å²) in [5.41, 5.74) is 1.93. The van der Waals surface area contributed by atoms with E-state index < -0.39 is 5.97 Å². The molecular weight excluding hydrogens is 382 g/mol. The number of anilines is 1. The summed E-state index contributed by atoms with van der Waals surface area (Å²) in [6.45, 7) is 2.71. The lowest BCUT2D eigenvalue weighted by molar-refractivity contribution is 0.0603. The molecule has 2 aromatic heterocycles. The average Bonchev–Trinajstić information content (AvgIpc) is 3.36. The van der Waals surface area contributed by atoms with E-state index in [4.69, 9.17) is 9.47 Å². The van der Waals surface area contributed by atoms with Crippen LogP contribution < -0.4 is 10.1 Å². The van der Waals surface area contributed by atoms with Crippen molar-refractivity contribution in [2.45, 2.75) is 13.3 Å². The van der Waals surface area contributed by atoms with Crippen molar-refractivity contribution < 1.29 is 19.1 Å². The molecule has 140 valence electrons. The highest BCUT2D eigenvalue weighted by Gasteiger charge is 2.23. The van der Waals surface area contributed by atoms with Gasteiger partial charge in [-0.05, 0) is 35.6 Å². The predicted molar refractivity (Wildman–Crippen MR) is 109 cm³/mol. The van der Waals surface area contributed by atoms with Crippen LogP contribution in [0.4, 0.5) is 5.00 Å². The number of amides is 1. The van der Waals surface area contributed by atoms with Crippen molar-refractivity contribution in [3.05, 3.63) is 57.6 Å². The number of carbonyl (C=O) groups is 2. The molecule has 1 amide bonds. The van der Waals surface area contributed by atoms with Gasteiger partial charge in [0.2, 0.25) is 0 Å². The fraction of sp³-hybridized carbons (Fsp3) is 0.200. The van der Waals surface area contributed by atoms with Gasteiger partial charge in [-0.25, -0.2) is 4.79 Å². The molecule has 3 aromatic rings. The number of benzene rings is 1. The van der Waals surface area contributed by atoms with Crippen molar-refractivity contribution in [1.82, 2.24) is 0 Å². The lowest BCUT2D eigenvalue weighted by atomic mass is 10.0. The third-order valence-corrected chi connectivity index (χ3v) is 5.55. The zero-order chi connectivity index (χ0) is 19.2. The molecule has 0 unspecified atom stereocenters. The number of thiophene rings is 2. The molecule has 0 aliphatic carbocycles. The molecule has 0 radical (unpaired) electrons. The largest absolute Gasteiger partial charge is 0.494 e. The van der Waals surface area contributed by atoms with Crippen molar-refractivity contribution >= 4 is 39.6 Å². The normalized spacial score (nSPS) is 10.4. The highest BCUT2D eigenvalue weighted by molar-refractivity contribution is 7.15. The number of rotatable bonds is 7. The van der Waals surface area contributed by atoms with Crippen LogP contribution in [-0.2, 0) is 4.74 Å². The van der Waals surface area contributed by atoms with E-state index in [1.54, 1.807) is 6.07 Å². The Labute approximate surface area is 165 Å². The molecule has 0 saturated carbocycles. The van der Waals surface area contributed by atoms with Crippen LogP contribution in [0.1, 0.15) is 33.4 Å². The van der Waals surface area contributed by atoms with Gasteiger partial charge in [-0.15, -0.1) is 22.7 Å². The molecule has 1 aromatic carbocycles. The van der Waals surface area contributed by atoms with Crippen molar-refractivity contribution in [2.75, 3.05) is 19.0 Å². The molecular formula is C20H19NO4S2. The van der Waals surface area contributed by atoms with E-state index in [0.29, 0.717) is 22.0 Å². The van der Waals surface area contributed by atoms with Gasteiger partial charge in [0.1, 0.15) is 16.3 Å². The summed E-state index contributed by atoms with van der Waals surface area (Å²) in [7, 11) is 1.33. The van der Waals surface area contributed by atoms with Crippen LogP contribution in [0.3, 0.4) is 0 Å². The highest BCUT2D eigenvalue weighted by Crippen LogP contribution is 2.37. The van der Waals surface area contributed by atoms with E-state index in [1.807, 2.05) is 48.0 Å². The number of methoxy groups -OCH3 is 1. The van der Waals surface area contributed by atoms with Gasteiger partial charge in [0.15, 0.2) is 0 Å². The maximum absolute atomic E-state index is 12.4. The number of esters is 1. The second kappa shape index (κ2) is 8.83. The SMILES string of the molecule is CCCOc1ccc(-c2csc(NC(=O)c3cccs3)c2C(=O)OC)cc1. The van der Waals surface area contributed by atoms with Crippen LogP contribution in [0.2, 0.25) is 0 Å². The Morgan fingerprint density at radius 3 is 2.52 bits per heavy atom. The fourth-order valence-electron chi connectivity index (χ4n) is 2.49. The van der Waals surface area contributed by atoms with Crippen molar-refractivity contribution in [1.29, 1.82) is 0 Å². The van der Waals surface area contributed by atoms with Crippen LogP contribution in [-0.4, -0.2) is 25.6 Å². The first-order chi connectivity index (χ1) is 13.1. The summed E-state index contributed by atoms with van der Waals surface area (Å²) < 4.78 is 10.5. The highest BCUT2D eigenvalue weighted by atomic mass is 32.1. The Kier molecular flexibility index (Phi) is 6.26. The van der Waals surface area contributed by atoms with E-state index in [9.17, 15) is 9.59 Å². The minimum Gasteiger partial charge on any atom is -0.494 e. The van der Waals surface area contributed by atoms with Crippen LogP contribution in [0, 0.1) is 0 Å². The van der Waals surface area contributed by atoms with Crippen molar-refractivity contribution in [3.8, 4) is 16.9 Å². The average molecular weight is 402 g/mol. The standard InChI is InChI=1S/C20H19NO4S2/c1-3-10-25-14-8-6-13(7-9-14)15-12-27-19(17(15)20(23)24-2)21-18(22)16-5-4-11-26-16/h4-9,11-12H,3,10H2,1-2H3,(H,21,22). The van der Waals surface area contributed by atoms with Crippen molar-refractivity contribution in [2.24, 2.45) is 0 Å². The van der Waals surface area contributed by atoms with Gasteiger partial charge in [-0.3, -0.25) is 4.79 Å². The van der Waals surface area contributed by atoms with Crippen molar-refractivity contribution in [3.63, 3.8) is 0 Å². The van der Waals surface area contributed by atoms with E-state index in [0.717, 1.165) is 23.3 Å². The van der Waals surface area contributed by atoms with Gasteiger partial charge in [0.05, 0.1) is 18.6 Å². The van der Waals surface area contributed by atoms with Gasteiger partial charge in [0, 0.05) is 10.9 Å². The second-order valence-electron chi connectivity index (χ2n) is 5.65. The smallest absolute Gasteiger partial charge is 0.341 e. The van der Waals surface area contributed by atoms with Gasteiger partial charge in [-0.2, -0.15) is 0 Å². The molecule has 0 spiro atoms. The van der Waals surface area contributed by atoms with Crippen LogP contribution >= 0.6 is 22.7 Å². The number of ether oxygens (including phenoxy) is 2. The molecule has 0 aliphatic rings. The second-order valence-corrected chi connectivity index (χ2v) is 7.48. The van der Waals surface area contributed by atoms with Gasteiger partial charge in [0.25, 0.3) is 5.91 Å². The summed E-state index contributed by atoms with van der Waals surface area (Å²) in [5, 5.41) is 6.97. The molecule has 0 fully saturated rings. The summed E-state index contributed by atoms with van der Waals surface area (Å²) in [4.78, 5) is 25.3. The monoisotopic (exact) mass is 401 g/mol. The first-order valence-electron chi connectivity index (χ1n) is 8.42. The van der Waals surface area contributed by atoms with Gasteiger partial charge < -0.3 is 14.8 Å². The Morgan fingerprint density at radius 1 is 1.11 bits per heavy atom. The Balaban J connectivity index is 1.90. The predicted octanol–water partition coefficient (Wildman–Crippen LogP) is 5.30. The van der Waals surface area contributed by atoms with Gasteiger partial charge >= 0.3 is 5.97 Å². The number of nitrogens with one attached hydrogen (secondary N) is 1. The summed E-state index contributed by atoms with van der Waals surface area (Å²) in [6.07, 6.45) is 0.937. The number of carbonyl (C=O) groups excluding carboxylic acids is 2. The number of hydrogen-bond donors (Lipinski definition) is 1. The molecule has 1 N–H and O–H groups in total. The molecule has 3 rings (SSSR count). The Bertz CT molecular complexity index is 914. The van der Waals surface area contributed by atoms with Crippen LogP contribution in [0.15, 0.2) is 47.2 Å². The first-order valence-corrected chi connectivity index (χ1v) is 10.2. The summed E-state index contributed by atoms with van der Waals surface area (Å²) in [5.74, 6) is 0.0487. The van der Waals surface area contributed by atoms with Crippen LogP contribution in [0.25, 0.3) is 11.1 Å². The topological polar surface area (TPSA) is 64.6 Å². The van der Waals surface area contributed by atoms with E-state index in [1.165, 1.54) is 29.8 Å². The molecule has 2 heterocycles. The third-order valence-electron chi connectivity index (χ3n) is 3.79. The zero-order valence-corrected chi connectivity index (χ0v) is 16.6. The Morgan fingerprint density at radius 2 is 1.89 bits per heavy atom. The fourth-order valence-corrected chi connectivity index (χ4v) is 4.06. The molecule has 0 atom stereocenters. The van der Waals surface area contributed by atoms with Gasteiger partial charge in [-0.1, -0.05) is 25.1 Å². The molecule has 27 heavy (non-hydrogen) atoms. The lowest BCUT2D eigenvalue weighted by Crippen LogP contribution is -2.13. The quantitative estimate of drug-likeness (QED) is 0.545. The molecule has 7 heteroatoms. The maximum atomic E-state index is 12.4. The lowest BCUT2D eigenvalue weighted by Gasteiger charge is -2.08. The molecule has 0 saturated heterocycles. The first kappa shape index (κ1) is 19.1. The van der Waals surface area contributed by atoms with E-state index in [-0.39, 0.29) is 5.91 Å². The number of hydrogen-bond acceptors (Lipinski definition) is 6. The molecule has 0 bridgehead atoms. The Hall–Kier alpha value is -2.64. The van der Waals surface area contributed by atoms with E-state index in [2.05, 4.69) is 5.32 Å². The summed E-state index contributed by atoms with van der Waals surface area (Å²) >= 11 is 2.64.